The highest BCUT2D eigenvalue weighted by Gasteiger charge is 2.08. The van der Waals surface area contributed by atoms with Crippen LogP contribution in [0.2, 0.25) is 0 Å². The number of rotatable bonds is 6. The summed E-state index contributed by atoms with van der Waals surface area (Å²) in [5.41, 5.74) is 0.529. The largest absolute Gasteiger partial charge is 0.352 e. The maximum Gasteiger partial charge on any atom is 0.251 e. The maximum atomic E-state index is 11.8. The molecule has 1 aromatic carbocycles. The third kappa shape index (κ3) is 6.40. The lowest BCUT2D eigenvalue weighted by Crippen LogP contribution is -2.37. The molecule has 0 aliphatic rings. The van der Waals surface area contributed by atoms with Crippen LogP contribution in [0.25, 0.3) is 0 Å². The molecule has 1 rings (SSSR count). The Labute approximate surface area is 132 Å². The Bertz CT molecular complexity index is 515. The standard InChI is InChI=1S/C14H18BrN3O3/c1-18(2)13(20)9-17-12(19)7-8-16-14(21)10-3-5-11(15)6-4-10/h3-6H,7-9H2,1-2H3,(H,16,21)(H,17,19). The van der Waals surface area contributed by atoms with Gasteiger partial charge in [0.05, 0.1) is 6.54 Å². The van der Waals surface area contributed by atoms with Gasteiger partial charge in [0.2, 0.25) is 11.8 Å². The van der Waals surface area contributed by atoms with E-state index in [-0.39, 0.29) is 37.2 Å². The number of amides is 3. The predicted octanol–water partition coefficient (Wildman–Crippen LogP) is 0.773. The molecule has 0 heterocycles. The summed E-state index contributed by atoms with van der Waals surface area (Å²) in [5.74, 6) is -0.691. The summed E-state index contributed by atoms with van der Waals surface area (Å²) in [5, 5.41) is 5.15. The molecule has 0 fully saturated rings. The Balaban J connectivity index is 2.26. The monoisotopic (exact) mass is 355 g/mol. The van der Waals surface area contributed by atoms with E-state index in [0.29, 0.717) is 5.56 Å². The lowest BCUT2D eigenvalue weighted by Gasteiger charge is -2.11. The fourth-order valence-corrected chi connectivity index (χ4v) is 1.68. The third-order valence-electron chi connectivity index (χ3n) is 2.68. The Hall–Kier alpha value is -1.89. The first-order chi connectivity index (χ1) is 9.90. The molecule has 0 bridgehead atoms. The van der Waals surface area contributed by atoms with Crippen LogP contribution in [0.15, 0.2) is 28.7 Å². The molecule has 0 saturated heterocycles. The smallest absolute Gasteiger partial charge is 0.251 e. The molecule has 0 aliphatic heterocycles. The summed E-state index contributed by atoms with van der Waals surface area (Å²) in [6, 6.07) is 6.92. The molecular formula is C14H18BrN3O3. The first-order valence-electron chi connectivity index (χ1n) is 6.40. The van der Waals surface area contributed by atoms with Crippen molar-refractivity contribution < 1.29 is 14.4 Å². The SMILES string of the molecule is CN(C)C(=O)CNC(=O)CCNC(=O)c1ccc(Br)cc1. The topological polar surface area (TPSA) is 78.5 Å². The fourth-order valence-electron chi connectivity index (χ4n) is 1.41. The molecular weight excluding hydrogens is 338 g/mol. The molecule has 6 nitrogen and oxygen atoms in total. The van der Waals surface area contributed by atoms with Crippen LogP contribution in [-0.4, -0.2) is 49.8 Å². The van der Waals surface area contributed by atoms with Crippen LogP contribution in [0.4, 0.5) is 0 Å². The minimum atomic E-state index is -0.277. The van der Waals surface area contributed by atoms with Crippen LogP contribution in [0, 0.1) is 0 Å². The number of hydrogen-bond donors (Lipinski definition) is 2. The molecule has 1 aromatic rings. The second kappa shape index (κ2) is 8.41. The number of likely N-dealkylation sites (N-methyl/N-ethyl adjacent to an activating group) is 1. The number of hydrogen-bond acceptors (Lipinski definition) is 3. The van der Waals surface area contributed by atoms with Gasteiger partial charge in [0.25, 0.3) is 5.91 Å². The molecule has 7 heteroatoms. The van der Waals surface area contributed by atoms with Gasteiger partial charge in [-0.2, -0.15) is 0 Å². The van der Waals surface area contributed by atoms with Gasteiger partial charge in [0.1, 0.15) is 0 Å². The number of benzene rings is 1. The summed E-state index contributed by atoms with van der Waals surface area (Å²) in [7, 11) is 3.24. The second-order valence-corrected chi connectivity index (χ2v) is 5.49. The van der Waals surface area contributed by atoms with E-state index in [4.69, 9.17) is 0 Å². The van der Waals surface area contributed by atoms with Crippen LogP contribution in [0.3, 0.4) is 0 Å². The van der Waals surface area contributed by atoms with Crippen LogP contribution < -0.4 is 10.6 Å². The summed E-state index contributed by atoms with van der Waals surface area (Å²) in [4.78, 5) is 35.9. The van der Waals surface area contributed by atoms with Gasteiger partial charge in [-0.1, -0.05) is 15.9 Å². The van der Waals surface area contributed by atoms with Crippen molar-refractivity contribution in [2.24, 2.45) is 0 Å². The lowest BCUT2D eigenvalue weighted by molar-refractivity contribution is -0.130. The number of carbonyl (C=O) groups excluding carboxylic acids is 3. The van der Waals surface area contributed by atoms with Gasteiger partial charge >= 0.3 is 0 Å². The number of nitrogens with one attached hydrogen (secondary N) is 2. The highest BCUT2D eigenvalue weighted by atomic mass is 79.9. The summed E-state index contributed by atoms with van der Waals surface area (Å²) in [6.07, 6.45) is 0.128. The molecule has 0 atom stereocenters. The molecule has 0 saturated carbocycles. The van der Waals surface area contributed by atoms with Crippen LogP contribution in [0.5, 0.6) is 0 Å². The van der Waals surface area contributed by atoms with Crippen LogP contribution in [0.1, 0.15) is 16.8 Å². The molecule has 0 unspecified atom stereocenters. The molecule has 0 aliphatic carbocycles. The van der Waals surface area contributed by atoms with Gasteiger partial charge in [-0.05, 0) is 24.3 Å². The second-order valence-electron chi connectivity index (χ2n) is 4.58. The van der Waals surface area contributed by atoms with Gasteiger partial charge in [-0.3, -0.25) is 14.4 Å². The molecule has 0 spiro atoms. The third-order valence-corrected chi connectivity index (χ3v) is 3.21. The van der Waals surface area contributed by atoms with E-state index in [1.165, 1.54) is 4.90 Å². The summed E-state index contributed by atoms with van der Waals surface area (Å²) in [6.45, 7) is 0.184. The molecule has 21 heavy (non-hydrogen) atoms. The molecule has 0 aromatic heterocycles. The van der Waals surface area contributed by atoms with Gasteiger partial charge in [-0.25, -0.2) is 0 Å². The Morgan fingerprint density at radius 1 is 1.10 bits per heavy atom. The Morgan fingerprint density at radius 2 is 1.71 bits per heavy atom. The average molecular weight is 356 g/mol. The normalized spacial score (nSPS) is 9.86. The Kier molecular flexibility index (Phi) is 6.87. The minimum absolute atomic E-state index is 0.0352. The van der Waals surface area contributed by atoms with E-state index in [2.05, 4.69) is 26.6 Å². The van der Waals surface area contributed by atoms with Crippen molar-refractivity contribution in [3.05, 3.63) is 34.3 Å². The zero-order valence-corrected chi connectivity index (χ0v) is 13.6. The van der Waals surface area contributed by atoms with Gasteiger partial charge in [0.15, 0.2) is 0 Å². The van der Waals surface area contributed by atoms with E-state index in [1.54, 1.807) is 38.4 Å². The number of halogens is 1. The maximum absolute atomic E-state index is 11.8. The van der Waals surface area contributed by atoms with Gasteiger partial charge < -0.3 is 15.5 Å². The van der Waals surface area contributed by atoms with Crippen molar-refractivity contribution in [1.29, 1.82) is 0 Å². The van der Waals surface area contributed by atoms with E-state index >= 15 is 0 Å². The van der Waals surface area contributed by atoms with Gasteiger partial charge in [-0.15, -0.1) is 0 Å². The van der Waals surface area contributed by atoms with Crippen molar-refractivity contribution in [1.82, 2.24) is 15.5 Å². The lowest BCUT2D eigenvalue weighted by atomic mass is 10.2. The van der Waals surface area contributed by atoms with E-state index < -0.39 is 0 Å². The highest BCUT2D eigenvalue weighted by molar-refractivity contribution is 9.10. The van der Waals surface area contributed by atoms with Gasteiger partial charge in [0, 0.05) is 37.1 Å². The minimum Gasteiger partial charge on any atom is -0.352 e. The molecule has 0 radical (unpaired) electrons. The Morgan fingerprint density at radius 3 is 2.29 bits per heavy atom. The highest BCUT2D eigenvalue weighted by Crippen LogP contribution is 2.10. The van der Waals surface area contributed by atoms with Crippen molar-refractivity contribution in [3.8, 4) is 0 Å². The van der Waals surface area contributed by atoms with Crippen molar-refractivity contribution in [2.45, 2.75) is 6.42 Å². The number of carbonyl (C=O) groups is 3. The summed E-state index contributed by atoms with van der Waals surface area (Å²) < 4.78 is 0.893. The van der Waals surface area contributed by atoms with Crippen LogP contribution >= 0.6 is 15.9 Å². The van der Waals surface area contributed by atoms with E-state index in [0.717, 1.165) is 4.47 Å². The molecule has 3 amide bonds. The van der Waals surface area contributed by atoms with Crippen molar-refractivity contribution in [2.75, 3.05) is 27.2 Å². The zero-order chi connectivity index (χ0) is 15.8. The van der Waals surface area contributed by atoms with E-state index in [1.807, 2.05) is 0 Å². The van der Waals surface area contributed by atoms with Crippen molar-refractivity contribution >= 4 is 33.7 Å². The number of nitrogens with zero attached hydrogens (tertiary/aromatic N) is 1. The first-order valence-corrected chi connectivity index (χ1v) is 7.20. The zero-order valence-electron chi connectivity index (χ0n) is 12.0. The van der Waals surface area contributed by atoms with E-state index in [9.17, 15) is 14.4 Å². The fraction of sp³-hybridized carbons (Fsp3) is 0.357. The quantitative estimate of drug-likeness (QED) is 0.791. The molecule has 114 valence electrons. The van der Waals surface area contributed by atoms with Crippen molar-refractivity contribution in [3.63, 3.8) is 0 Å². The predicted molar refractivity (Wildman–Crippen MR) is 82.8 cm³/mol. The summed E-state index contributed by atoms with van der Waals surface area (Å²) >= 11 is 3.29. The average Bonchev–Trinajstić information content (AvgIpc) is 2.45. The first kappa shape index (κ1) is 17.2. The van der Waals surface area contributed by atoms with Crippen LogP contribution in [-0.2, 0) is 9.59 Å². The molecule has 2 N–H and O–H groups in total.